The van der Waals surface area contributed by atoms with Crippen molar-refractivity contribution in [1.29, 1.82) is 0 Å². The molecule has 0 aliphatic carbocycles. The molecule has 2 aromatic heterocycles. The van der Waals surface area contributed by atoms with Gasteiger partial charge in [-0.15, -0.1) is 0 Å². The summed E-state index contributed by atoms with van der Waals surface area (Å²) in [4.78, 5) is 3.98. The highest BCUT2D eigenvalue weighted by molar-refractivity contribution is 5.87. The number of pyridine rings is 1. The van der Waals surface area contributed by atoms with Crippen LogP contribution in [0, 0.1) is 0 Å². The second kappa shape index (κ2) is 7.88. The summed E-state index contributed by atoms with van der Waals surface area (Å²) in [5.41, 5.74) is 5.23. The van der Waals surface area contributed by atoms with Crippen LogP contribution in [-0.2, 0) is 6.18 Å². The van der Waals surface area contributed by atoms with Crippen molar-refractivity contribution < 1.29 is 13.2 Å². The predicted molar refractivity (Wildman–Crippen MR) is 120 cm³/mol. The zero-order valence-corrected chi connectivity index (χ0v) is 18.0. The SMILES string of the molecule is CC(C)c1cccc(C(C)C)c1-n1c(-c2ccccc2)cc2nc(C(F)(F)F)ccc21. The van der Waals surface area contributed by atoms with E-state index in [-0.39, 0.29) is 11.8 Å². The molecule has 0 radical (unpaired) electrons. The minimum atomic E-state index is -4.48. The Morgan fingerprint density at radius 2 is 1.39 bits per heavy atom. The van der Waals surface area contributed by atoms with E-state index in [2.05, 4.69) is 55.4 Å². The highest BCUT2D eigenvalue weighted by Gasteiger charge is 2.33. The number of rotatable bonds is 4. The molecule has 0 spiro atoms. The van der Waals surface area contributed by atoms with Gasteiger partial charge in [0.2, 0.25) is 0 Å². The van der Waals surface area contributed by atoms with Crippen LogP contribution in [-0.4, -0.2) is 9.55 Å². The predicted octanol–water partition coefficient (Wildman–Crippen LogP) is 7.96. The second-order valence-electron chi connectivity index (χ2n) is 8.42. The maximum Gasteiger partial charge on any atom is 0.433 e. The second-order valence-corrected chi connectivity index (χ2v) is 8.42. The lowest BCUT2D eigenvalue weighted by Crippen LogP contribution is -2.09. The van der Waals surface area contributed by atoms with Crippen LogP contribution in [0.3, 0.4) is 0 Å². The lowest BCUT2D eigenvalue weighted by atomic mass is 9.92. The molecule has 2 nitrogen and oxygen atoms in total. The van der Waals surface area contributed by atoms with Crippen molar-refractivity contribution in [3.8, 4) is 16.9 Å². The molecule has 4 aromatic rings. The van der Waals surface area contributed by atoms with E-state index in [1.54, 1.807) is 12.1 Å². The molecule has 0 atom stereocenters. The average molecular weight is 422 g/mol. The lowest BCUT2D eigenvalue weighted by molar-refractivity contribution is -0.140. The largest absolute Gasteiger partial charge is 0.433 e. The molecule has 4 rings (SSSR count). The summed E-state index contributed by atoms with van der Waals surface area (Å²) >= 11 is 0. The number of alkyl halides is 3. The first-order valence-corrected chi connectivity index (χ1v) is 10.5. The molecule has 160 valence electrons. The minimum absolute atomic E-state index is 0.247. The molecule has 0 saturated carbocycles. The standard InChI is InChI=1S/C26H25F3N2/c1-16(2)19-11-8-12-20(17(3)4)25(19)31-22-13-14-24(26(27,28)29)30-21(22)15-23(31)18-9-6-5-7-10-18/h5-17H,1-4H3. The summed E-state index contributed by atoms with van der Waals surface area (Å²) in [6, 6.07) is 20.4. The molecule has 0 fully saturated rings. The highest BCUT2D eigenvalue weighted by atomic mass is 19.4. The Labute approximate surface area is 180 Å². The number of fused-ring (bicyclic) bond motifs is 1. The van der Waals surface area contributed by atoms with Crippen LogP contribution in [0.15, 0.2) is 66.7 Å². The van der Waals surface area contributed by atoms with Crippen LogP contribution in [0.5, 0.6) is 0 Å². The molecule has 0 aliphatic rings. The third kappa shape index (κ3) is 3.85. The Morgan fingerprint density at radius 3 is 1.94 bits per heavy atom. The fourth-order valence-corrected chi connectivity index (χ4v) is 4.08. The Balaban J connectivity index is 2.13. The quantitative estimate of drug-likeness (QED) is 0.326. The van der Waals surface area contributed by atoms with Gasteiger partial charge in [-0.05, 0) is 46.7 Å². The van der Waals surface area contributed by atoms with Crippen molar-refractivity contribution in [3.63, 3.8) is 0 Å². The van der Waals surface area contributed by atoms with Gasteiger partial charge in [0.25, 0.3) is 0 Å². The number of nitrogens with zero attached hydrogens (tertiary/aromatic N) is 2. The van der Waals surface area contributed by atoms with Crippen LogP contribution < -0.4 is 0 Å². The first kappa shape index (κ1) is 21.2. The van der Waals surface area contributed by atoms with E-state index in [0.29, 0.717) is 11.0 Å². The van der Waals surface area contributed by atoms with Gasteiger partial charge in [-0.3, -0.25) is 0 Å². The fourth-order valence-electron chi connectivity index (χ4n) is 4.08. The molecule has 5 heteroatoms. The summed E-state index contributed by atoms with van der Waals surface area (Å²) in [7, 11) is 0. The van der Waals surface area contributed by atoms with Crippen molar-refractivity contribution in [2.75, 3.05) is 0 Å². The van der Waals surface area contributed by atoms with E-state index >= 15 is 0 Å². The van der Waals surface area contributed by atoms with E-state index in [9.17, 15) is 13.2 Å². The average Bonchev–Trinajstić information content (AvgIpc) is 3.11. The molecule has 0 amide bonds. The van der Waals surface area contributed by atoms with E-state index in [0.717, 1.165) is 34.1 Å². The third-order valence-electron chi connectivity index (χ3n) is 5.58. The third-order valence-corrected chi connectivity index (χ3v) is 5.58. The molecule has 0 aliphatic heterocycles. The fraction of sp³-hybridized carbons (Fsp3) is 0.269. The Hall–Kier alpha value is -3.08. The number of hydrogen-bond acceptors (Lipinski definition) is 1. The van der Waals surface area contributed by atoms with Gasteiger partial charge in [0.15, 0.2) is 0 Å². The van der Waals surface area contributed by atoms with E-state index in [4.69, 9.17) is 0 Å². The Morgan fingerprint density at radius 1 is 0.774 bits per heavy atom. The molecule has 0 N–H and O–H groups in total. The topological polar surface area (TPSA) is 17.8 Å². The molecule has 0 bridgehead atoms. The maximum atomic E-state index is 13.3. The molecule has 0 saturated heterocycles. The summed E-state index contributed by atoms with van der Waals surface area (Å²) in [5.74, 6) is 0.495. The molecular formula is C26H25F3N2. The molecule has 0 unspecified atom stereocenters. The number of para-hydroxylation sites is 1. The number of aromatic nitrogens is 2. The first-order valence-electron chi connectivity index (χ1n) is 10.5. The van der Waals surface area contributed by atoms with Gasteiger partial charge in [0.05, 0.1) is 22.4 Å². The zero-order chi connectivity index (χ0) is 22.3. The van der Waals surface area contributed by atoms with Crippen LogP contribution in [0.2, 0.25) is 0 Å². The smallest absolute Gasteiger partial charge is 0.307 e. The van der Waals surface area contributed by atoms with Gasteiger partial charge in [-0.25, -0.2) is 4.98 Å². The Bertz CT molecular complexity index is 1190. The number of hydrogen-bond donors (Lipinski definition) is 0. The van der Waals surface area contributed by atoms with Crippen molar-refractivity contribution in [2.45, 2.75) is 45.7 Å². The zero-order valence-electron chi connectivity index (χ0n) is 18.0. The maximum absolute atomic E-state index is 13.3. The van der Waals surface area contributed by atoms with E-state index in [1.165, 1.54) is 0 Å². The molecule has 31 heavy (non-hydrogen) atoms. The van der Waals surface area contributed by atoms with Crippen molar-refractivity contribution >= 4 is 11.0 Å². The molecule has 2 aromatic carbocycles. The van der Waals surface area contributed by atoms with Gasteiger partial charge in [-0.1, -0.05) is 76.2 Å². The summed E-state index contributed by atoms with van der Waals surface area (Å²) in [6.45, 7) is 8.54. The van der Waals surface area contributed by atoms with Crippen LogP contribution in [0.1, 0.15) is 56.4 Å². The number of benzene rings is 2. The van der Waals surface area contributed by atoms with Crippen LogP contribution >= 0.6 is 0 Å². The first-order chi connectivity index (χ1) is 14.7. The van der Waals surface area contributed by atoms with Crippen molar-refractivity contribution in [1.82, 2.24) is 9.55 Å². The van der Waals surface area contributed by atoms with Crippen molar-refractivity contribution in [3.05, 3.63) is 83.6 Å². The molecular weight excluding hydrogens is 397 g/mol. The van der Waals surface area contributed by atoms with Gasteiger partial charge in [0, 0.05) is 0 Å². The summed E-state index contributed by atoms with van der Waals surface area (Å²) < 4.78 is 42.1. The minimum Gasteiger partial charge on any atom is -0.307 e. The Kier molecular flexibility index (Phi) is 5.38. The van der Waals surface area contributed by atoms with Crippen LogP contribution in [0.4, 0.5) is 13.2 Å². The van der Waals surface area contributed by atoms with Gasteiger partial charge < -0.3 is 4.57 Å². The highest BCUT2D eigenvalue weighted by Crippen LogP contribution is 2.39. The van der Waals surface area contributed by atoms with Crippen LogP contribution in [0.25, 0.3) is 28.0 Å². The van der Waals surface area contributed by atoms with Gasteiger partial charge in [-0.2, -0.15) is 13.2 Å². The normalized spacial score (nSPS) is 12.3. The number of halogens is 3. The monoisotopic (exact) mass is 422 g/mol. The summed E-state index contributed by atoms with van der Waals surface area (Å²) in [5, 5.41) is 0. The lowest BCUT2D eigenvalue weighted by Gasteiger charge is -2.23. The van der Waals surface area contributed by atoms with Crippen molar-refractivity contribution in [2.24, 2.45) is 0 Å². The van der Waals surface area contributed by atoms with Gasteiger partial charge in [0.1, 0.15) is 5.69 Å². The van der Waals surface area contributed by atoms with Gasteiger partial charge >= 0.3 is 6.18 Å². The summed E-state index contributed by atoms with van der Waals surface area (Å²) in [6.07, 6.45) is -4.48. The van der Waals surface area contributed by atoms with E-state index < -0.39 is 11.9 Å². The van der Waals surface area contributed by atoms with E-state index in [1.807, 2.05) is 30.3 Å². The molecule has 2 heterocycles.